The van der Waals surface area contributed by atoms with E-state index in [1.807, 2.05) is 25.3 Å². The summed E-state index contributed by atoms with van der Waals surface area (Å²) in [5.74, 6) is 0.402. The lowest BCUT2D eigenvalue weighted by atomic mass is 10.1. The molecule has 0 saturated heterocycles. The summed E-state index contributed by atoms with van der Waals surface area (Å²) in [6, 6.07) is 10.0. The molecule has 0 N–H and O–H groups in total. The van der Waals surface area contributed by atoms with Crippen molar-refractivity contribution >= 4 is 0 Å². The monoisotopic (exact) mass is 254 g/mol. The van der Waals surface area contributed by atoms with Gasteiger partial charge in [0.15, 0.2) is 5.82 Å². The molecule has 0 fully saturated rings. The summed E-state index contributed by atoms with van der Waals surface area (Å²) in [5.41, 5.74) is 2.67. The van der Waals surface area contributed by atoms with Gasteiger partial charge in [0.1, 0.15) is 5.82 Å². The van der Waals surface area contributed by atoms with Crippen LogP contribution < -0.4 is 0 Å². The largest absolute Gasteiger partial charge is 0.220 e. The minimum absolute atomic E-state index is 0.249. The van der Waals surface area contributed by atoms with Crippen LogP contribution in [0.4, 0.5) is 4.39 Å². The number of hydrogen-bond acceptors (Lipinski definition) is 3. The number of aromatic nitrogens is 4. The molecule has 0 aliphatic carbocycles. The number of aryl methyl sites for hydroxylation is 1. The molecule has 19 heavy (non-hydrogen) atoms. The fourth-order valence-electron chi connectivity index (χ4n) is 1.75. The second-order valence-corrected chi connectivity index (χ2v) is 4.21. The third kappa shape index (κ3) is 2.35. The van der Waals surface area contributed by atoms with Crippen LogP contribution in [0.3, 0.4) is 0 Å². The molecule has 0 radical (unpaired) electrons. The maximum absolute atomic E-state index is 12.9. The lowest BCUT2D eigenvalue weighted by Gasteiger charge is -1.99. The first-order valence-electron chi connectivity index (χ1n) is 5.84. The normalized spacial score (nSPS) is 10.6. The first-order chi connectivity index (χ1) is 9.22. The van der Waals surface area contributed by atoms with E-state index < -0.39 is 0 Å². The van der Waals surface area contributed by atoms with Crippen LogP contribution in [0.15, 0.2) is 48.8 Å². The van der Waals surface area contributed by atoms with Gasteiger partial charge < -0.3 is 0 Å². The fourth-order valence-corrected chi connectivity index (χ4v) is 1.75. The average molecular weight is 254 g/mol. The molecular weight excluding hydrogens is 243 g/mol. The van der Waals surface area contributed by atoms with Gasteiger partial charge in [-0.25, -0.2) is 9.07 Å². The molecule has 0 amide bonds. The molecule has 0 unspecified atom stereocenters. The Morgan fingerprint density at radius 3 is 2.42 bits per heavy atom. The summed E-state index contributed by atoms with van der Waals surface area (Å²) >= 11 is 0. The zero-order valence-electron chi connectivity index (χ0n) is 10.3. The topological polar surface area (TPSA) is 43.6 Å². The quantitative estimate of drug-likeness (QED) is 0.706. The highest BCUT2D eigenvalue weighted by atomic mass is 19.1. The highest BCUT2D eigenvalue weighted by Gasteiger charge is 2.04. The maximum Gasteiger partial charge on any atom is 0.175 e. The highest BCUT2D eigenvalue weighted by molar-refractivity contribution is 5.61. The van der Waals surface area contributed by atoms with Crippen molar-refractivity contribution in [3.8, 4) is 16.9 Å². The third-order valence-corrected chi connectivity index (χ3v) is 2.78. The summed E-state index contributed by atoms with van der Waals surface area (Å²) in [6.07, 6.45) is 3.56. The SMILES string of the molecule is Cc1ccc(-n2cc(-c3ccc(F)cc3)cn2)nn1. The van der Waals surface area contributed by atoms with Gasteiger partial charge in [-0.3, -0.25) is 0 Å². The molecule has 0 aliphatic rings. The zero-order chi connectivity index (χ0) is 13.2. The van der Waals surface area contributed by atoms with Gasteiger partial charge in [0.2, 0.25) is 0 Å². The Balaban J connectivity index is 1.95. The zero-order valence-corrected chi connectivity index (χ0v) is 10.3. The van der Waals surface area contributed by atoms with E-state index in [2.05, 4.69) is 15.3 Å². The van der Waals surface area contributed by atoms with Crippen LogP contribution in [0.2, 0.25) is 0 Å². The first-order valence-corrected chi connectivity index (χ1v) is 5.84. The molecule has 2 heterocycles. The van der Waals surface area contributed by atoms with Crippen molar-refractivity contribution in [1.82, 2.24) is 20.0 Å². The van der Waals surface area contributed by atoms with Crippen molar-refractivity contribution in [2.75, 3.05) is 0 Å². The maximum atomic E-state index is 12.9. The van der Waals surface area contributed by atoms with Gasteiger partial charge in [-0.1, -0.05) is 12.1 Å². The number of nitrogens with zero attached hydrogens (tertiary/aromatic N) is 4. The molecule has 0 atom stereocenters. The van der Waals surface area contributed by atoms with Crippen LogP contribution in [0.25, 0.3) is 16.9 Å². The molecule has 2 aromatic heterocycles. The Hall–Kier alpha value is -2.56. The number of halogens is 1. The molecule has 3 rings (SSSR count). The Morgan fingerprint density at radius 1 is 0.947 bits per heavy atom. The van der Waals surface area contributed by atoms with E-state index in [0.29, 0.717) is 5.82 Å². The molecule has 5 heteroatoms. The fraction of sp³-hybridized carbons (Fsp3) is 0.0714. The van der Waals surface area contributed by atoms with Crippen LogP contribution in [-0.2, 0) is 0 Å². The number of rotatable bonds is 2. The van der Waals surface area contributed by atoms with Crippen LogP contribution in [-0.4, -0.2) is 20.0 Å². The predicted octanol–water partition coefficient (Wildman–Crippen LogP) is 2.78. The van der Waals surface area contributed by atoms with Crippen molar-refractivity contribution in [2.45, 2.75) is 6.92 Å². The minimum atomic E-state index is -0.249. The van der Waals surface area contributed by atoms with Crippen LogP contribution >= 0.6 is 0 Å². The van der Waals surface area contributed by atoms with Crippen molar-refractivity contribution in [1.29, 1.82) is 0 Å². The Bertz CT molecular complexity index is 626. The molecule has 0 bridgehead atoms. The Kier molecular flexibility index (Phi) is 2.79. The van der Waals surface area contributed by atoms with Crippen LogP contribution in [0.1, 0.15) is 5.69 Å². The summed E-state index contributed by atoms with van der Waals surface area (Å²) in [6.45, 7) is 1.88. The van der Waals surface area contributed by atoms with Gasteiger partial charge in [-0.05, 0) is 36.8 Å². The third-order valence-electron chi connectivity index (χ3n) is 2.78. The van der Waals surface area contributed by atoms with Gasteiger partial charge in [-0.2, -0.15) is 10.2 Å². The standard InChI is InChI=1S/C14H11FN4/c1-10-2-7-14(18-17-10)19-9-12(8-16-19)11-3-5-13(15)6-4-11/h2-9H,1H3. The Labute approximate surface area is 109 Å². The lowest BCUT2D eigenvalue weighted by Crippen LogP contribution is -1.99. The molecule has 4 nitrogen and oxygen atoms in total. The molecule has 94 valence electrons. The summed E-state index contributed by atoms with van der Waals surface area (Å²) < 4.78 is 14.5. The van der Waals surface area contributed by atoms with E-state index in [0.717, 1.165) is 16.8 Å². The summed E-state index contributed by atoms with van der Waals surface area (Å²) in [5, 5.41) is 12.3. The van der Waals surface area contributed by atoms with E-state index >= 15 is 0 Å². The van der Waals surface area contributed by atoms with Gasteiger partial charge in [0.25, 0.3) is 0 Å². The van der Waals surface area contributed by atoms with E-state index in [1.165, 1.54) is 12.1 Å². The second kappa shape index (κ2) is 4.61. The van der Waals surface area contributed by atoms with Gasteiger partial charge in [0, 0.05) is 11.8 Å². The van der Waals surface area contributed by atoms with E-state index in [1.54, 1.807) is 23.0 Å². The van der Waals surface area contributed by atoms with Crippen LogP contribution in [0.5, 0.6) is 0 Å². The lowest BCUT2D eigenvalue weighted by molar-refractivity contribution is 0.628. The Morgan fingerprint density at radius 2 is 1.74 bits per heavy atom. The minimum Gasteiger partial charge on any atom is -0.220 e. The molecule has 0 aliphatic heterocycles. The van der Waals surface area contributed by atoms with Crippen molar-refractivity contribution in [3.05, 3.63) is 60.3 Å². The average Bonchev–Trinajstić information content (AvgIpc) is 2.90. The predicted molar refractivity (Wildman–Crippen MR) is 69.3 cm³/mol. The van der Waals surface area contributed by atoms with Crippen molar-refractivity contribution in [3.63, 3.8) is 0 Å². The highest BCUT2D eigenvalue weighted by Crippen LogP contribution is 2.19. The van der Waals surface area contributed by atoms with E-state index in [4.69, 9.17) is 0 Å². The number of hydrogen-bond donors (Lipinski definition) is 0. The van der Waals surface area contributed by atoms with Gasteiger partial charge in [-0.15, -0.1) is 5.10 Å². The molecule has 1 aromatic carbocycles. The molecular formula is C14H11FN4. The second-order valence-electron chi connectivity index (χ2n) is 4.21. The van der Waals surface area contributed by atoms with Crippen LogP contribution in [0, 0.1) is 12.7 Å². The van der Waals surface area contributed by atoms with E-state index in [9.17, 15) is 4.39 Å². The van der Waals surface area contributed by atoms with Crippen molar-refractivity contribution in [2.24, 2.45) is 0 Å². The van der Waals surface area contributed by atoms with Crippen molar-refractivity contribution < 1.29 is 4.39 Å². The first kappa shape index (κ1) is 11.5. The number of benzene rings is 1. The van der Waals surface area contributed by atoms with Gasteiger partial charge >= 0.3 is 0 Å². The van der Waals surface area contributed by atoms with Gasteiger partial charge in [0.05, 0.1) is 11.9 Å². The molecule has 3 aromatic rings. The molecule has 0 saturated carbocycles. The smallest absolute Gasteiger partial charge is 0.175 e. The van der Waals surface area contributed by atoms with E-state index in [-0.39, 0.29) is 5.82 Å². The molecule has 0 spiro atoms. The summed E-state index contributed by atoms with van der Waals surface area (Å²) in [4.78, 5) is 0. The summed E-state index contributed by atoms with van der Waals surface area (Å²) in [7, 11) is 0.